The summed E-state index contributed by atoms with van der Waals surface area (Å²) in [5.74, 6) is -0.409. The molecule has 16 heavy (non-hydrogen) atoms. The van der Waals surface area contributed by atoms with Gasteiger partial charge < -0.3 is 10.2 Å². The highest BCUT2D eigenvalue weighted by Gasteiger charge is 2.08. The normalized spacial score (nSPS) is 13.2. The van der Waals surface area contributed by atoms with Gasteiger partial charge in [-0.15, -0.1) is 0 Å². The highest BCUT2D eigenvalue weighted by Crippen LogP contribution is 2.07. The predicted molar refractivity (Wildman–Crippen MR) is 65.2 cm³/mol. The van der Waals surface area contributed by atoms with E-state index in [0.717, 1.165) is 12.8 Å². The van der Waals surface area contributed by atoms with Gasteiger partial charge in [-0.3, -0.25) is 4.79 Å². The van der Waals surface area contributed by atoms with Crippen LogP contribution in [0.2, 0.25) is 0 Å². The average molecular weight is 228 g/mol. The van der Waals surface area contributed by atoms with Crippen molar-refractivity contribution in [1.29, 1.82) is 0 Å². The Balaban J connectivity index is 3.37. The lowest BCUT2D eigenvalue weighted by atomic mass is 10.1. The second-order valence-corrected chi connectivity index (χ2v) is 4.06. The molecule has 0 aliphatic heterocycles. The van der Waals surface area contributed by atoms with E-state index in [-0.39, 0.29) is 0 Å². The molecule has 0 saturated heterocycles. The number of aliphatic hydroxyl groups excluding tert-OH is 2. The molecule has 3 heteroatoms. The van der Waals surface area contributed by atoms with E-state index in [9.17, 15) is 4.79 Å². The van der Waals surface area contributed by atoms with Crippen molar-refractivity contribution >= 4 is 5.78 Å². The zero-order valence-corrected chi connectivity index (χ0v) is 10.2. The molecule has 0 aromatic rings. The molecule has 1 unspecified atom stereocenters. The molecule has 2 N–H and O–H groups in total. The molecule has 0 heterocycles. The Labute approximate surface area is 98.2 Å². The van der Waals surface area contributed by atoms with E-state index in [1.165, 1.54) is 38.2 Å². The lowest BCUT2D eigenvalue weighted by Crippen LogP contribution is -2.21. The van der Waals surface area contributed by atoms with Gasteiger partial charge in [-0.25, -0.2) is 0 Å². The van der Waals surface area contributed by atoms with E-state index in [1.807, 2.05) is 0 Å². The molecular weight excluding hydrogens is 204 g/mol. The molecule has 1 atom stereocenters. The van der Waals surface area contributed by atoms with Crippen molar-refractivity contribution in [2.45, 2.75) is 58.0 Å². The average Bonchev–Trinajstić information content (AvgIpc) is 2.31. The zero-order chi connectivity index (χ0) is 12.2. The molecule has 0 radical (unpaired) electrons. The minimum absolute atomic E-state index is 0.409. The van der Waals surface area contributed by atoms with Crippen molar-refractivity contribution in [1.82, 2.24) is 0 Å². The standard InChI is InChI=1S/C13H24O3/c1-2-3-4-5-6-7-8-9-10-12(15)13(16)11-14/h9-10,13-14,16H,2-8,11H2,1H3. The summed E-state index contributed by atoms with van der Waals surface area (Å²) in [6.07, 6.45) is 10.2. The van der Waals surface area contributed by atoms with Crippen LogP contribution >= 0.6 is 0 Å². The van der Waals surface area contributed by atoms with Gasteiger partial charge in [0.25, 0.3) is 0 Å². The maximum absolute atomic E-state index is 11.1. The quantitative estimate of drug-likeness (QED) is 0.445. The molecule has 0 amide bonds. The van der Waals surface area contributed by atoms with Crippen LogP contribution in [0.4, 0.5) is 0 Å². The summed E-state index contributed by atoms with van der Waals surface area (Å²) in [7, 11) is 0. The van der Waals surface area contributed by atoms with E-state index in [0.29, 0.717) is 0 Å². The summed E-state index contributed by atoms with van der Waals surface area (Å²) in [6.45, 7) is 1.70. The number of ketones is 1. The Hall–Kier alpha value is -0.670. The third-order valence-electron chi connectivity index (χ3n) is 2.51. The van der Waals surface area contributed by atoms with Gasteiger partial charge in [0, 0.05) is 0 Å². The maximum Gasteiger partial charge on any atom is 0.186 e. The third-order valence-corrected chi connectivity index (χ3v) is 2.51. The molecule has 0 rings (SSSR count). The van der Waals surface area contributed by atoms with E-state index >= 15 is 0 Å². The van der Waals surface area contributed by atoms with Crippen molar-refractivity contribution < 1.29 is 15.0 Å². The summed E-state index contributed by atoms with van der Waals surface area (Å²) in [5, 5.41) is 17.5. The summed E-state index contributed by atoms with van der Waals surface area (Å²) in [4.78, 5) is 11.1. The highest BCUT2D eigenvalue weighted by molar-refractivity contribution is 5.93. The number of carbonyl (C=O) groups excluding carboxylic acids is 1. The molecular formula is C13H24O3. The van der Waals surface area contributed by atoms with Gasteiger partial charge in [-0.2, -0.15) is 0 Å². The monoisotopic (exact) mass is 228 g/mol. The number of hydrogen-bond donors (Lipinski definition) is 2. The van der Waals surface area contributed by atoms with Gasteiger partial charge in [-0.1, -0.05) is 45.1 Å². The van der Waals surface area contributed by atoms with Gasteiger partial charge in [0.05, 0.1) is 6.61 Å². The zero-order valence-electron chi connectivity index (χ0n) is 10.2. The van der Waals surface area contributed by atoms with Gasteiger partial charge in [0.2, 0.25) is 0 Å². The molecule has 0 aromatic heterocycles. The Morgan fingerprint density at radius 1 is 1.19 bits per heavy atom. The van der Waals surface area contributed by atoms with E-state index in [1.54, 1.807) is 6.08 Å². The van der Waals surface area contributed by atoms with Crippen LogP contribution in [-0.4, -0.2) is 28.7 Å². The van der Waals surface area contributed by atoms with Gasteiger partial charge in [-0.05, 0) is 18.9 Å². The van der Waals surface area contributed by atoms with Crippen LogP contribution in [0.25, 0.3) is 0 Å². The number of hydrogen-bond acceptors (Lipinski definition) is 3. The highest BCUT2D eigenvalue weighted by atomic mass is 16.3. The summed E-state index contributed by atoms with van der Waals surface area (Å²) < 4.78 is 0. The smallest absolute Gasteiger partial charge is 0.186 e. The first-order chi connectivity index (χ1) is 7.72. The SMILES string of the molecule is CCCCCCCCC=CC(=O)C(O)CO. The van der Waals surface area contributed by atoms with Crippen LogP contribution in [0.5, 0.6) is 0 Å². The van der Waals surface area contributed by atoms with Crippen LogP contribution < -0.4 is 0 Å². The first-order valence-electron chi connectivity index (χ1n) is 6.21. The summed E-state index contributed by atoms with van der Waals surface area (Å²) in [6, 6.07) is 0. The first-order valence-corrected chi connectivity index (χ1v) is 6.21. The van der Waals surface area contributed by atoms with E-state index < -0.39 is 18.5 Å². The molecule has 0 fully saturated rings. The number of unbranched alkanes of at least 4 members (excludes halogenated alkanes) is 6. The minimum Gasteiger partial charge on any atom is -0.393 e. The molecule has 3 nitrogen and oxygen atoms in total. The molecule has 94 valence electrons. The van der Waals surface area contributed by atoms with Crippen molar-refractivity contribution in [2.24, 2.45) is 0 Å². The third kappa shape index (κ3) is 8.62. The molecule has 0 saturated carbocycles. The number of carbonyl (C=O) groups is 1. The molecule has 0 aromatic carbocycles. The molecule has 0 aliphatic rings. The lowest BCUT2D eigenvalue weighted by Gasteiger charge is -2.00. The van der Waals surface area contributed by atoms with Crippen LogP contribution in [-0.2, 0) is 4.79 Å². The van der Waals surface area contributed by atoms with Crippen LogP contribution in [0.15, 0.2) is 12.2 Å². The van der Waals surface area contributed by atoms with Crippen LogP contribution in [0, 0.1) is 0 Å². The van der Waals surface area contributed by atoms with Crippen LogP contribution in [0.1, 0.15) is 51.9 Å². The van der Waals surface area contributed by atoms with Gasteiger partial charge in [0.15, 0.2) is 5.78 Å². The molecule has 0 spiro atoms. The fourth-order valence-corrected chi connectivity index (χ4v) is 1.44. The maximum atomic E-state index is 11.1. The second-order valence-electron chi connectivity index (χ2n) is 4.06. The van der Waals surface area contributed by atoms with Crippen molar-refractivity contribution in [3.05, 3.63) is 12.2 Å². The minimum atomic E-state index is -1.25. The van der Waals surface area contributed by atoms with Crippen molar-refractivity contribution in [3.63, 3.8) is 0 Å². The van der Waals surface area contributed by atoms with Crippen molar-refractivity contribution in [3.8, 4) is 0 Å². The largest absolute Gasteiger partial charge is 0.393 e. The number of rotatable bonds is 10. The fraction of sp³-hybridized carbons (Fsp3) is 0.769. The topological polar surface area (TPSA) is 57.5 Å². The van der Waals surface area contributed by atoms with E-state index in [4.69, 9.17) is 10.2 Å². The lowest BCUT2D eigenvalue weighted by molar-refractivity contribution is -0.124. The predicted octanol–water partition coefficient (Wildman–Crippen LogP) is 2.22. The molecule has 0 bridgehead atoms. The Morgan fingerprint density at radius 3 is 2.44 bits per heavy atom. The van der Waals surface area contributed by atoms with Crippen molar-refractivity contribution in [2.75, 3.05) is 6.61 Å². The summed E-state index contributed by atoms with van der Waals surface area (Å²) in [5.41, 5.74) is 0. The van der Waals surface area contributed by atoms with Gasteiger partial charge in [0.1, 0.15) is 6.10 Å². The Kier molecular flexibility index (Phi) is 10.4. The molecule has 0 aliphatic carbocycles. The number of aliphatic hydroxyl groups is 2. The second kappa shape index (κ2) is 10.8. The van der Waals surface area contributed by atoms with Gasteiger partial charge >= 0.3 is 0 Å². The summed E-state index contributed by atoms with van der Waals surface area (Å²) >= 11 is 0. The Morgan fingerprint density at radius 2 is 1.81 bits per heavy atom. The fourth-order valence-electron chi connectivity index (χ4n) is 1.44. The first kappa shape index (κ1) is 15.3. The van der Waals surface area contributed by atoms with E-state index in [2.05, 4.69) is 6.92 Å². The van der Waals surface area contributed by atoms with Crippen LogP contribution in [0.3, 0.4) is 0 Å². The Bertz CT molecular complexity index is 199. The number of allylic oxidation sites excluding steroid dienone is 1.